The minimum absolute atomic E-state index is 0.922. The van der Waals surface area contributed by atoms with Crippen LogP contribution < -0.4 is 0 Å². The van der Waals surface area contributed by atoms with E-state index in [4.69, 9.17) is 11.6 Å². The first-order valence-corrected chi connectivity index (χ1v) is 3.97. The molecule has 0 fully saturated rings. The first kappa shape index (κ1) is 9.03. The maximum absolute atomic E-state index is 5.62. The third-order valence-electron chi connectivity index (χ3n) is 1.23. The van der Waals surface area contributed by atoms with Gasteiger partial charge in [-0.2, -0.15) is 0 Å². The van der Waals surface area contributed by atoms with Gasteiger partial charge in [0.05, 0.1) is 0 Å². The van der Waals surface area contributed by atoms with Gasteiger partial charge in [0.15, 0.2) is 0 Å². The summed E-state index contributed by atoms with van der Waals surface area (Å²) < 4.78 is 0. The molecule has 0 saturated heterocycles. The molecule has 0 rings (SSSR count). The van der Waals surface area contributed by atoms with Crippen LogP contribution in [-0.2, 0) is 0 Å². The molecule has 0 bridgehead atoms. The number of unbranched alkanes of at least 4 members (excludes halogenated alkanes) is 3. The zero-order valence-corrected chi connectivity index (χ0v) is 7.04. The molecule has 0 amide bonds. The summed E-state index contributed by atoms with van der Waals surface area (Å²) in [6, 6.07) is 0. The van der Waals surface area contributed by atoms with Gasteiger partial charge in [-0.15, -0.1) is 0 Å². The van der Waals surface area contributed by atoms with Crippen molar-refractivity contribution in [3.05, 3.63) is 11.1 Å². The van der Waals surface area contributed by atoms with Gasteiger partial charge in [0.2, 0.25) is 0 Å². The second kappa shape index (κ2) is 6.15. The highest BCUT2D eigenvalue weighted by Crippen LogP contribution is 2.05. The van der Waals surface area contributed by atoms with E-state index in [0.717, 1.165) is 11.5 Å². The molecule has 0 saturated carbocycles. The summed E-state index contributed by atoms with van der Waals surface area (Å²) in [6.07, 6.45) is 7.11. The van der Waals surface area contributed by atoms with Crippen LogP contribution in [0.3, 0.4) is 0 Å². The predicted molar refractivity (Wildman–Crippen MR) is 43.8 cm³/mol. The highest BCUT2D eigenvalue weighted by Gasteiger charge is 1.82. The van der Waals surface area contributed by atoms with Crippen molar-refractivity contribution >= 4 is 11.6 Å². The minimum atomic E-state index is 0.922. The van der Waals surface area contributed by atoms with E-state index in [-0.39, 0.29) is 0 Å². The van der Waals surface area contributed by atoms with Gasteiger partial charge in [0, 0.05) is 5.03 Å². The molecule has 0 radical (unpaired) electrons. The summed E-state index contributed by atoms with van der Waals surface area (Å²) in [4.78, 5) is 0. The molecule has 9 heavy (non-hydrogen) atoms. The van der Waals surface area contributed by atoms with Crippen LogP contribution in [-0.4, -0.2) is 0 Å². The Bertz CT molecular complexity index is 80.6. The van der Waals surface area contributed by atoms with Gasteiger partial charge < -0.3 is 0 Å². The molecule has 0 atom stereocenters. The Morgan fingerprint density at radius 1 is 1.44 bits per heavy atom. The van der Waals surface area contributed by atoms with Crippen molar-refractivity contribution in [3.8, 4) is 0 Å². The lowest BCUT2D eigenvalue weighted by Gasteiger charge is -1.91. The Balaban J connectivity index is 3.00. The summed E-state index contributed by atoms with van der Waals surface area (Å²) in [6.45, 7) is 4.13. The summed E-state index contributed by atoms with van der Waals surface area (Å²) in [5.74, 6) is 0. The predicted octanol–water partition coefficient (Wildman–Crippen LogP) is 3.71. The second-order valence-corrected chi connectivity index (χ2v) is 2.88. The van der Waals surface area contributed by atoms with Crippen molar-refractivity contribution in [2.24, 2.45) is 0 Å². The van der Waals surface area contributed by atoms with Crippen LogP contribution in [0.1, 0.15) is 39.5 Å². The van der Waals surface area contributed by atoms with E-state index in [2.05, 4.69) is 13.0 Å². The van der Waals surface area contributed by atoms with Crippen LogP contribution in [0.4, 0.5) is 0 Å². The van der Waals surface area contributed by atoms with Crippen molar-refractivity contribution < 1.29 is 0 Å². The molecule has 0 aliphatic heterocycles. The Morgan fingerprint density at radius 2 is 2.11 bits per heavy atom. The third kappa shape index (κ3) is 8.03. The minimum Gasteiger partial charge on any atom is -0.0898 e. The van der Waals surface area contributed by atoms with E-state index in [1.807, 2.05) is 6.92 Å². The lowest BCUT2D eigenvalue weighted by atomic mass is 10.2. The highest BCUT2D eigenvalue weighted by atomic mass is 35.5. The lowest BCUT2D eigenvalue weighted by Crippen LogP contribution is -1.70. The van der Waals surface area contributed by atoms with Crippen LogP contribution in [0.25, 0.3) is 0 Å². The normalized spacial score (nSPS) is 12.1. The Labute approximate surface area is 62.9 Å². The van der Waals surface area contributed by atoms with Crippen molar-refractivity contribution in [2.75, 3.05) is 0 Å². The van der Waals surface area contributed by atoms with Gasteiger partial charge in [-0.3, -0.25) is 0 Å². The number of hydrogen-bond donors (Lipinski definition) is 0. The molecule has 54 valence electrons. The molecule has 0 N–H and O–H groups in total. The fraction of sp³-hybridized carbons (Fsp3) is 0.750. The molecule has 0 aromatic rings. The molecule has 0 nitrogen and oxygen atoms in total. The molecule has 0 aromatic heterocycles. The van der Waals surface area contributed by atoms with Gasteiger partial charge in [-0.1, -0.05) is 37.4 Å². The second-order valence-electron chi connectivity index (χ2n) is 2.29. The van der Waals surface area contributed by atoms with Crippen LogP contribution in [0.15, 0.2) is 11.1 Å². The monoisotopic (exact) mass is 146 g/mol. The van der Waals surface area contributed by atoms with Crippen LogP contribution in [0.5, 0.6) is 0 Å². The van der Waals surface area contributed by atoms with E-state index in [9.17, 15) is 0 Å². The van der Waals surface area contributed by atoms with Crippen molar-refractivity contribution in [1.29, 1.82) is 0 Å². The summed E-state index contributed by atoms with van der Waals surface area (Å²) in [5, 5.41) is 0.922. The summed E-state index contributed by atoms with van der Waals surface area (Å²) >= 11 is 5.62. The zero-order chi connectivity index (χ0) is 7.11. The molecule has 0 aliphatic rings. The van der Waals surface area contributed by atoms with Gasteiger partial charge in [0.1, 0.15) is 0 Å². The SMILES string of the molecule is CCCCCC=C(C)Cl. The average molecular weight is 147 g/mol. The lowest BCUT2D eigenvalue weighted by molar-refractivity contribution is 0.728. The quantitative estimate of drug-likeness (QED) is 0.531. The standard InChI is InChI=1S/C8H15Cl/c1-3-4-5-6-7-8(2)9/h7H,3-6H2,1-2H3. The van der Waals surface area contributed by atoms with E-state index in [1.54, 1.807) is 0 Å². The summed E-state index contributed by atoms with van der Waals surface area (Å²) in [7, 11) is 0. The van der Waals surface area contributed by atoms with Gasteiger partial charge in [-0.25, -0.2) is 0 Å². The van der Waals surface area contributed by atoms with Gasteiger partial charge in [0.25, 0.3) is 0 Å². The Kier molecular flexibility index (Phi) is 6.18. The van der Waals surface area contributed by atoms with E-state index >= 15 is 0 Å². The van der Waals surface area contributed by atoms with E-state index < -0.39 is 0 Å². The Hall–Kier alpha value is 0.0300. The zero-order valence-electron chi connectivity index (χ0n) is 6.28. The molecule has 0 aromatic carbocycles. The largest absolute Gasteiger partial charge is 0.0898 e. The van der Waals surface area contributed by atoms with E-state index in [1.165, 1.54) is 19.3 Å². The molecule has 1 heteroatoms. The number of rotatable bonds is 4. The topological polar surface area (TPSA) is 0 Å². The van der Waals surface area contributed by atoms with Gasteiger partial charge in [-0.05, 0) is 19.8 Å². The number of halogens is 1. The first-order valence-electron chi connectivity index (χ1n) is 3.59. The average Bonchev–Trinajstić information content (AvgIpc) is 1.80. The fourth-order valence-corrected chi connectivity index (χ4v) is 0.804. The molecular weight excluding hydrogens is 132 g/mol. The first-order chi connectivity index (χ1) is 4.27. The number of hydrogen-bond acceptors (Lipinski definition) is 0. The van der Waals surface area contributed by atoms with Crippen LogP contribution >= 0.6 is 11.6 Å². The summed E-state index contributed by atoms with van der Waals surface area (Å²) in [5.41, 5.74) is 0. The van der Waals surface area contributed by atoms with Gasteiger partial charge >= 0.3 is 0 Å². The molecule has 0 unspecified atom stereocenters. The maximum atomic E-state index is 5.62. The van der Waals surface area contributed by atoms with Crippen LogP contribution in [0, 0.1) is 0 Å². The molecule has 0 aliphatic carbocycles. The third-order valence-corrected chi connectivity index (χ3v) is 1.39. The van der Waals surface area contributed by atoms with Crippen molar-refractivity contribution in [3.63, 3.8) is 0 Å². The van der Waals surface area contributed by atoms with E-state index in [0.29, 0.717) is 0 Å². The smallest absolute Gasteiger partial charge is 0.0110 e. The maximum Gasteiger partial charge on any atom is 0.0110 e. The highest BCUT2D eigenvalue weighted by molar-refractivity contribution is 6.29. The van der Waals surface area contributed by atoms with Crippen molar-refractivity contribution in [1.82, 2.24) is 0 Å². The fourth-order valence-electron chi connectivity index (χ4n) is 0.695. The molecule has 0 spiro atoms. The van der Waals surface area contributed by atoms with Crippen LogP contribution in [0.2, 0.25) is 0 Å². The van der Waals surface area contributed by atoms with Crippen molar-refractivity contribution in [2.45, 2.75) is 39.5 Å². The number of allylic oxidation sites excluding steroid dienone is 2. The Morgan fingerprint density at radius 3 is 2.56 bits per heavy atom. The molecular formula is C8H15Cl. The molecule has 0 heterocycles.